The van der Waals surface area contributed by atoms with Gasteiger partial charge in [0.05, 0.1) is 4.90 Å². The van der Waals surface area contributed by atoms with E-state index in [9.17, 15) is 8.42 Å². The molecule has 0 saturated carbocycles. The molecule has 10 heteroatoms. The molecule has 0 amide bonds. The van der Waals surface area contributed by atoms with Gasteiger partial charge in [-0.2, -0.15) is 15.0 Å². The third kappa shape index (κ3) is 6.12. The fourth-order valence-electron chi connectivity index (χ4n) is 2.06. The Kier molecular flexibility index (Phi) is 7.10. The first-order chi connectivity index (χ1) is 12.4. The Bertz CT molecular complexity index is 784. The maximum atomic E-state index is 11.3. The number of rotatable bonds is 10. The predicted molar refractivity (Wildman–Crippen MR) is 103 cm³/mol. The number of hydrogen-bond acceptors (Lipinski definition) is 8. The lowest BCUT2D eigenvalue weighted by atomic mass is 10.2. The van der Waals surface area contributed by atoms with Crippen molar-refractivity contribution in [2.24, 2.45) is 5.14 Å². The summed E-state index contributed by atoms with van der Waals surface area (Å²) in [6.07, 6.45) is 1.92. The summed E-state index contributed by atoms with van der Waals surface area (Å²) in [5, 5.41) is 14.5. The minimum absolute atomic E-state index is 0.0820. The number of sulfonamides is 1. The van der Waals surface area contributed by atoms with Gasteiger partial charge in [-0.1, -0.05) is 26.0 Å². The van der Waals surface area contributed by atoms with Gasteiger partial charge in [0.2, 0.25) is 27.9 Å². The number of nitrogens with two attached hydrogens (primary N) is 1. The summed E-state index contributed by atoms with van der Waals surface area (Å²) in [4.78, 5) is 13.1. The molecule has 2 aromatic rings. The van der Waals surface area contributed by atoms with Crippen LogP contribution in [0.25, 0.3) is 0 Å². The van der Waals surface area contributed by atoms with Gasteiger partial charge in [0.1, 0.15) is 0 Å². The van der Waals surface area contributed by atoms with Crippen molar-refractivity contribution in [1.82, 2.24) is 15.0 Å². The van der Waals surface area contributed by atoms with Crippen LogP contribution in [-0.4, -0.2) is 36.5 Å². The molecule has 0 bridgehead atoms. The van der Waals surface area contributed by atoms with Gasteiger partial charge in [0.15, 0.2) is 0 Å². The Hall–Kier alpha value is -2.46. The SMILES string of the molecule is CCCNc1nc(NCCC)nc(NCc2ccc(S(N)(=O)=O)cc2)n1. The highest BCUT2D eigenvalue weighted by Crippen LogP contribution is 2.13. The summed E-state index contributed by atoms with van der Waals surface area (Å²) in [5.74, 6) is 1.45. The first-order valence-corrected chi connectivity index (χ1v) is 10.1. The van der Waals surface area contributed by atoms with Crippen molar-refractivity contribution >= 4 is 27.9 Å². The second-order valence-electron chi connectivity index (χ2n) is 5.70. The van der Waals surface area contributed by atoms with Gasteiger partial charge in [-0.05, 0) is 30.5 Å². The molecular formula is C16H25N7O2S. The molecule has 142 valence electrons. The van der Waals surface area contributed by atoms with Gasteiger partial charge in [-0.25, -0.2) is 13.6 Å². The molecule has 0 atom stereocenters. The Labute approximate surface area is 153 Å². The van der Waals surface area contributed by atoms with Crippen LogP contribution in [0.4, 0.5) is 17.8 Å². The predicted octanol–water partition coefficient (Wildman–Crippen LogP) is 1.77. The fraction of sp³-hybridized carbons (Fsp3) is 0.438. The Morgan fingerprint density at radius 1 is 0.846 bits per heavy atom. The van der Waals surface area contributed by atoms with Crippen LogP contribution >= 0.6 is 0 Å². The maximum absolute atomic E-state index is 11.3. The third-order valence-corrected chi connectivity index (χ3v) is 4.33. The van der Waals surface area contributed by atoms with Crippen LogP contribution in [0.2, 0.25) is 0 Å². The molecule has 0 radical (unpaired) electrons. The average molecular weight is 379 g/mol. The highest BCUT2D eigenvalue weighted by molar-refractivity contribution is 7.89. The first kappa shape index (κ1) is 19.9. The number of aromatic nitrogens is 3. The van der Waals surface area contributed by atoms with Crippen molar-refractivity contribution in [1.29, 1.82) is 0 Å². The lowest BCUT2D eigenvalue weighted by Gasteiger charge is -2.11. The van der Waals surface area contributed by atoms with Crippen molar-refractivity contribution in [3.05, 3.63) is 29.8 Å². The third-order valence-electron chi connectivity index (χ3n) is 3.40. The van der Waals surface area contributed by atoms with E-state index in [1.165, 1.54) is 12.1 Å². The fourth-order valence-corrected chi connectivity index (χ4v) is 2.58. The smallest absolute Gasteiger partial charge is 0.238 e. The lowest BCUT2D eigenvalue weighted by molar-refractivity contribution is 0.598. The topological polar surface area (TPSA) is 135 Å². The highest BCUT2D eigenvalue weighted by atomic mass is 32.2. The first-order valence-electron chi connectivity index (χ1n) is 8.51. The van der Waals surface area contributed by atoms with Gasteiger partial charge in [0, 0.05) is 19.6 Å². The van der Waals surface area contributed by atoms with Crippen molar-refractivity contribution in [3.8, 4) is 0 Å². The van der Waals surface area contributed by atoms with Crippen LogP contribution in [0.1, 0.15) is 32.3 Å². The molecule has 0 aliphatic heterocycles. The molecule has 5 N–H and O–H groups in total. The number of primary sulfonamides is 1. The van der Waals surface area contributed by atoms with Gasteiger partial charge < -0.3 is 16.0 Å². The van der Waals surface area contributed by atoms with E-state index in [1.54, 1.807) is 12.1 Å². The van der Waals surface area contributed by atoms with Crippen LogP contribution in [-0.2, 0) is 16.6 Å². The quantitative estimate of drug-likeness (QED) is 0.490. The number of nitrogens with one attached hydrogen (secondary N) is 3. The highest BCUT2D eigenvalue weighted by Gasteiger charge is 2.08. The second-order valence-corrected chi connectivity index (χ2v) is 7.26. The minimum Gasteiger partial charge on any atom is -0.354 e. The Morgan fingerprint density at radius 2 is 1.31 bits per heavy atom. The van der Waals surface area contributed by atoms with Crippen LogP contribution in [0.3, 0.4) is 0 Å². The van der Waals surface area contributed by atoms with Crippen LogP contribution in [0, 0.1) is 0 Å². The molecule has 0 saturated heterocycles. The monoisotopic (exact) mass is 379 g/mol. The summed E-state index contributed by atoms with van der Waals surface area (Å²) in [5.41, 5.74) is 0.879. The molecular weight excluding hydrogens is 354 g/mol. The summed E-state index contributed by atoms with van der Waals surface area (Å²) in [6.45, 7) is 6.11. The van der Waals surface area contributed by atoms with Gasteiger partial charge in [-0.3, -0.25) is 0 Å². The van der Waals surface area contributed by atoms with Gasteiger partial charge in [0.25, 0.3) is 0 Å². The van der Waals surface area contributed by atoms with Crippen molar-refractivity contribution in [3.63, 3.8) is 0 Å². The van der Waals surface area contributed by atoms with E-state index in [-0.39, 0.29) is 4.90 Å². The van der Waals surface area contributed by atoms with Gasteiger partial charge >= 0.3 is 0 Å². The van der Waals surface area contributed by atoms with E-state index in [1.807, 2.05) is 0 Å². The zero-order valence-electron chi connectivity index (χ0n) is 15.0. The molecule has 1 aromatic heterocycles. The van der Waals surface area contributed by atoms with Gasteiger partial charge in [-0.15, -0.1) is 0 Å². The van der Waals surface area contributed by atoms with E-state index in [0.717, 1.165) is 31.5 Å². The molecule has 9 nitrogen and oxygen atoms in total. The van der Waals surface area contributed by atoms with Crippen molar-refractivity contribution in [2.75, 3.05) is 29.0 Å². The molecule has 2 rings (SSSR count). The number of nitrogens with zero attached hydrogens (tertiary/aromatic N) is 3. The summed E-state index contributed by atoms with van der Waals surface area (Å²) >= 11 is 0. The minimum atomic E-state index is -3.69. The second kappa shape index (κ2) is 9.30. The van der Waals surface area contributed by atoms with E-state index >= 15 is 0 Å². The molecule has 0 spiro atoms. The standard InChI is InChI=1S/C16H25N7O2S/c1-3-9-18-14-21-15(19-10-4-2)23-16(22-14)20-11-12-5-7-13(8-6-12)26(17,24)25/h5-8H,3-4,9-11H2,1-2H3,(H2,17,24,25)(H3,18,19,20,21,22,23). The number of hydrogen-bond donors (Lipinski definition) is 4. The zero-order chi connectivity index (χ0) is 19.0. The maximum Gasteiger partial charge on any atom is 0.238 e. The van der Waals surface area contributed by atoms with E-state index in [4.69, 9.17) is 5.14 Å². The lowest BCUT2D eigenvalue weighted by Crippen LogP contribution is -2.14. The zero-order valence-corrected chi connectivity index (χ0v) is 15.8. The van der Waals surface area contributed by atoms with E-state index in [0.29, 0.717) is 24.4 Å². The average Bonchev–Trinajstić information content (AvgIpc) is 2.62. The summed E-state index contributed by atoms with van der Waals surface area (Å²) in [7, 11) is -3.69. The number of benzene rings is 1. The molecule has 0 aliphatic carbocycles. The largest absolute Gasteiger partial charge is 0.354 e. The normalized spacial score (nSPS) is 11.2. The van der Waals surface area contributed by atoms with E-state index in [2.05, 4.69) is 44.7 Å². The molecule has 0 unspecified atom stereocenters. The molecule has 0 fully saturated rings. The number of anilines is 3. The van der Waals surface area contributed by atoms with Crippen LogP contribution in [0.15, 0.2) is 29.2 Å². The van der Waals surface area contributed by atoms with Crippen molar-refractivity contribution in [2.45, 2.75) is 38.1 Å². The molecule has 0 aliphatic rings. The summed E-state index contributed by atoms with van der Waals surface area (Å²) < 4.78 is 22.6. The Balaban J connectivity index is 2.09. The molecule has 1 aromatic carbocycles. The van der Waals surface area contributed by atoms with E-state index < -0.39 is 10.0 Å². The molecule has 1 heterocycles. The van der Waals surface area contributed by atoms with Crippen LogP contribution in [0.5, 0.6) is 0 Å². The van der Waals surface area contributed by atoms with Crippen molar-refractivity contribution < 1.29 is 8.42 Å². The Morgan fingerprint density at radius 3 is 1.73 bits per heavy atom. The molecule has 26 heavy (non-hydrogen) atoms. The summed E-state index contributed by atoms with van der Waals surface area (Å²) in [6, 6.07) is 6.34. The van der Waals surface area contributed by atoms with Crippen LogP contribution < -0.4 is 21.1 Å².